The molecule has 1 aromatic rings. The van der Waals surface area contributed by atoms with E-state index in [1.165, 1.54) is 25.1 Å². The Bertz CT molecular complexity index is 615. The maximum absolute atomic E-state index is 14.3. The summed E-state index contributed by atoms with van der Waals surface area (Å²) < 4.78 is 121. The molecule has 2 rings (SSSR count). The molecular weight excluding hydrogens is 355 g/mol. The Morgan fingerprint density at radius 1 is 0.792 bits per heavy atom. The molecule has 1 fully saturated rings. The van der Waals surface area contributed by atoms with Gasteiger partial charge in [-0.2, -0.15) is 35.1 Å². The second-order valence-corrected chi connectivity index (χ2v) is 5.68. The molecule has 0 aromatic heterocycles. The fourth-order valence-electron chi connectivity index (χ4n) is 2.68. The molecule has 10 heteroatoms. The van der Waals surface area contributed by atoms with Gasteiger partial charge in [0, 0.05) is 6.42 Å². The Balaban J connectivity index is 2.53. The molecule has 136 valence electrons. The van der Waals surface area contributed by atoms with Gasteiger partial charge < -0.3 is 5.11 Å². The van der Waals surface area contributed by atoms with Crippen molar-refractivity contribution in [2.75, 3.05) is 0 Å². The summed E-state index contributed by atoms with van der Waals surface area (Å²) in [6, 6.07) is 5.00. The largest absolute Gasteiger partial charge is 0.388 e. The van der Waals surface area contributed by atoms with Gasteiger partial charge in [-0.3, -0.25) is 0 Å². The average molecular weight is 366 g/mol. The van der Waals surface area contributed by atoms with Crippen LogP contribution in [0.5, 0.6) is 0 Å². The van der Waals surface area contributed by atoms with Crippen LogP contribution in [0.2, 0.25) is 0 Å². The zero-order valence-electron chi connectivity index (χ0n) is 11.9. The van der Waals surface area contributed by atoms with Gasteiger partial charge in [-0.15, -0.1) is 0 Å². The molecule has 1 N–H and O–H groups in total. The van der Waals surface area contributed by atoms with Gasteiger partial charge in [0.1, 0.15) is 0 Å². The fourth-order valence-corrected chi connectivity index (χ4v) is 2.68. The van der Waals surface area contributed by atoms with Gasteiger partial charge in [0.05, 0.1) is 6.10 Å². The molecule has 1 atom stereocenters. The van der Waals surface area contributed by atoms with E-state index in [2.05, 4.69) is 0 Å². The van der Waals surface area contributed by atoms with Crippen molar-refractivity contribution in [2.45, 2.75) is 48.8 Å². The summed E-state index contributed by atoms with van der Waals surface area (Å²) in [6.45, 7) is 1.30. The van der Waals surface area contributed by atoms with Crippen molar-refractivity contribution in [1.29, 1.82) is 0 Å². The second-order valence-electron chi connectivity index (χ2n) is 5.68. The van der Waals surface area contributed by atoms with E-state index in [1.54, 1.807) is 0 Å². The number of hydrogen-bond donors (Lipinski definition) is 1. The maximum atomic E-state index is 14.3. The van der Waals surface area contributed by atoms with Crippen LogP contribution >= 0.6 is 0 Å². The zero-order chi connectivity index (χ0) is 18.8. The first kappa shape index (κ1) is 18.9. The Morgan fingerprint density at radius 3 is 1.62 bits per heavy atom. The van der Waals surface area contributed by atoms with Crippen LogP contribution in [-0.4, -0.2) is 34.5 Å². The van der Waals surface area contributed by atoms with Crippen LogP contribution in [0.3, 0.4) is 0 Å². The molecule has 0 radical (unpaired) electrons. The molecule has 1 saturated carbocycles. The topological polar surface area (TPSA) is 20.2 Å². The van der Waals surface area contributed by atoms with Crippen molar-refractivity contribution in [3.8, 4) is 0 Å². The highest BCUT2D eigenvalue weighted by Gasteiger charge is 3.00. The summed E-state index contributed by atoms with van der Waals surface area (Å²) in [7, 11) is 0. The van der Waals surface area contributed by atoms with E-state index in [0.29, 0.717) is 0 Å². The van der Waals surface area contributed by atoms with Gasteiger partial charge in [-0.1, -0.05) is 24.3 Å². The van der Waals surface area contributed by atoms with Gasteiger partial charge in [0.15, 0.2) is 0 Å². The van der Waals surface area contributed by atoms with Crippen molar-refractivity contribution >= 4 is 0 Å². The predicted molar refractivity (Wildman–Crippen MR) is 64.4 cm³/mol. The number of aliphatic hydroxyl groups excluding tert-OH is 1. The Hall–Kier alpha value is -1.45. The summed E-state index contributed by atoms with van der Waals surface area (Å²) >= 11 is 0. The van der Waals surface area contributed by atoms with Crippen LogP contribution in [0, 0.1) is 6.92 Å². The highest BCUT2D eigenvalue weighted by atomic mass is 19.4. The lowest BCUT2D eigenvalue weighted by molar-refractivity contribution is -0.303. The molecular formula is C14H11F9O. The minimum absolute atomic E-state index is 0.150. The molecule has 0 saturated heterocycles. The lowest BCUT2D eigenvalue weighted by atomic mass is 9.87. The number of aryl methyl sites for hydroxylation is 1. The molecule has 1 aliphatic rings. The summed E-state index contributed by atoms with van der Waals surface area (Å²) in [5, 5.41) is 9.74. The van der Waals surface area contributed by atoms with Crippen molar-refractivity contribution in [2.24, 2.45) is 0 Å². The van der Waals surface area contributed by atoms with Crippen LogP contribution in [0.25, 0.3) is 0 Å². The lowest BCUT2D eigenvalue weighted by Crippen LogP contribution is -2.55. The molecule has 1 aromatic carbocycles. The number of alkyl halides is 9. The molecule has 24 heavy (non-hydrogen) atoms. The summed E-state index contributed by atoms with van der Waals surface area (Å²) in [4.78, 5) is 0. The Kier molecular flexibility index (Phi) is 3.95. The number of benzene rings is 1. The van der Waals surface area contributed by atoms with Gasteiger partial charge in [0.25, 0.3) is 5.67 Å². The van der Waals surface area contributed by atoms with Crippen LogP contribution in [0.15, 0.2) is 24.3 Å². The number of hydrogen-bond acceptors (Lipinski definition) is 1. The molecule has 0 aliphatic heterocycles. The second kappa shape index (κ2) is 5.03. The summed E-state index contributed by atoms with van der Waals surface area (Å²) in [5.41, 5.74) is -5.81. The standard InChI is InChI=1S/C14H11F9O/c1-7-4-2-3-5-8(7)9(24)6-10(15)11(16,17)13(20,21)14(22,23)12(10,18)19/h2-5,9,24H,6H2,1H3. The van der Waals surface area contributed by atoms with Gasteiger partial charge in [-0.25, -0.2) is 4.39 Å². The van der Waals surface area contributed by atoms with E-state index < -0.39 is 41.9 Å². The molecule has 1 unspecified atom stereocenters. The normalized spacial score (nSPS) is 27.0. The van der Waals surface area contributed by atoms with Crippen LogP contribution in [0.1, 0.15) is 23.7 Å². The monoisotopic (exact) mass is 366 g/mol. The zero-order valence-corrected chi connectivity index (χ0v) is 11.9. The summed E-state index contributed by atoms with van der Waals surface area (Å²) in [5.74, 6) is -26.0. The minimum atomic E-state index is -6.62. The lowest BCUT2D eigenvalue weighted by Gasteiger charge is -2.32. The quantitative estimate of drug-likeness (QED) is 0.770. The van der Waals surface area contributed by atoms with Crippen molar-refractivity contribution in [3.63, 3.8) is 0 Å². The third kappa shape index (κ3) is 1.94. The van der Waals surface area contributed by atoms with E-state index in [-0.39, 0.29) is 11.1 Å². The first-order chi connectivity index (χ1) is 10.6. The van der Waals surface area contributed by atoms with Crippen LogP contribution in [0.4, 0.5) is 39.5 Å². The van der Waals surface area contributed by atoms with E-state index in [0.717, 1.165) is 6.07 Å². The molecule has 1 aliphatic carbocycles. The smallest absolute Gasteiger partial charge is 0.381 e. The van der Waals surface area contributed by atoms with Gasteiger partial charge in [-0.05, 0) is 18.1 Å². The van der Waals surface area contributed by atoms with E-state index >= 15 is 0 Å². The van der Waals surface area contributed by atoms with Crippen molar-refractivity contribution < 1.29 is 44.6 Å². The number of halogens is 9. The number of rotatable bonds is 3. The molecule has 0 amide bonds. The average Bonchev–Trinajstić information content (AvgIpc) is 2.50. The van der Waals surface area contributed by atoms with E-state index in [1.807, 2.05) is 0 Å². The first-order valence-electron chi connectivity index (χ1n) is 6.59. The number of aliphatic hydroxyl groups is 1. The van der Waals surface area contributed by atoms with E-state index in [9.17, 15) is 44.6 Å². The third-order valence-electron chi connectivity index (χ3n) is 4.20. The van der Waals surface area contributed by atoms with Crippen molar-refractivity contribution in [1.82, 2.24) is 0 Å². The third-order valence-corrected chi connectivity index (χ3v) is 4.20. The Labute approximate surface area is 130 Å². The van der Waals surface area contributed by atoms with Gasteiger partial charge >= 0.3 is 23.7 Å². The molecule has 1 nitrogen and oxygen atoms in total. The molecule has 0 spiro atoms. The van der Waals surface area contributed by atoms with Crippen molar-refractivity contribution in [3.05, 3.63) is 35.4 Å². The predicted octanol–water partition coefficient (Wildman–Crippen LogP) is 4.68. The Morgan fingerprint density at radius 2 is 1.21 bits per heavy atom. The van der Waals surface area contributed by atoms with Crippen LogP contribution in [-0.2, 0) is 0 Å². The minimum Gasteiger partial charge on any atom is -0.388 e. The SMILES string of the molecule is Cc1ccccc1C(O)CC1(F)C(F)(F)C(F)(F)C(F)(F)C1(F)F. The highest BCUT2D eigenvalue weighted by molar-refractivity contribution is 5.31. The molecule has 0 heterocycles. The van der Waals surface area contributed by atoms with E-state index in [4.69, 9.17) is 0 Å². The summed E-state index contributed by atoms with van der Waals surface area (Å²) in [6.07, 6.45) is -4.75. The van der Waals surface area contributed by atoms with Crippen LogP contribution < -0.4 is 0 Å². The van der Waals surface area contributed by atoms with Gasteiger partial charge in [0.2, 0.25) is 0 Å². The molecule has 0 bridgehead atoms. The highest BCUT2D eigenvalue weighted by Crippen LogP contribution is 2.70. The fraction of sp³-hybridized carbons (Fsp3) is 0.571. The maximum Gasteiger partial charge on any atom is 0.381 e. The first-order valence-corrected chi connectivity index (χ1v) is 6.59.